The van der Waals surface area contributed by atoms with E-state index in [1.54, 1.807) is 11.8 Å². The summed E-state index contributed by atoms with van der Waals surface area (Å²) in [7, 11) is 0. The molecule has 1 aliphatic heterocycles. The van der Waals surface area contributed by atoms with E-state index in [0.29, 0.717) is 6.04 Å². The highest BCUT2D eigenvalue weighted by Crippen LogP contribution is 2.38. The molecule has 0 bridgehead atoms. The van der Waals surface area contributed by atoms with E-state index in [2.05, 4.69) is 43.5 Å². The van der Waals surface area contributed by atoms with Gasteiger partial charge in [0.25, 0.3) is 0 Å². The van der Waals surface area contributed by atoms with E-state index in [1.807, 2.05) is 17.9 Å². The van der Waals surface area contributed by atoms with Crippen LogP contribution in [0.1, 0.15) is 62.5 Å². The highest BCUT2D eigenvalue weighted by atomic mass is 32.2. The first-order valence-electron chi connectivity index (χ1n) is 10.1. The molecule has 1 aromatic carbocycles. The Kier molecular flexibility index (Phi) is 5.06. The summed E-state index contributed by atoms with van der Waals surface area (Å²) >= 11 is 1.62. The number of carbonyl (C=O) groups is 1. The molecule has 4 nitrogen and oxygen atoms in total. The van der Waals surface area contributed by atoms with E-state index >= 15 is 0 Å². The van der Waals surface area contributed by atoms with Gasteiger partial charge >= 0.3 is 0 Å². The third kappa shape index (κ3) is 3.31. The number of thioether (sulfide) groups is 1. The van der Waals surface area contributed by atoms with Gasteiger partial charge in [-0.3, -0.25) is 4.79 Å². The Morgan fingerprint density at radius 3 is 2.67 bits per heavy atom. The summed E-state index contributed by atoms with van der Waals surface area (Å²) < 4.78 is 2.40. The molecule has 1 saturated carbocycles. The molecule has 2 unspecified atom stereocenters. The monoisotopic (exact) mass is 383 g/mol. The van der Waals surface area contributed by atoms with Crippen molar-refractivity contribution in [1.82, 2.24) is 9.55 Å². The van der Waals surface area contributed by atoms with Crippen LogP contribution in [0.3, 0.4) is 0 Å². The van der Waals surface area contributed by atoms with Crippen LogP contribution in [0.15, 0.2) is 29.4 Å². The highest BCUT2D eigenvalue weighted by molar-refractivity contribution is 8.00. The predicted molar refractivity (Wildman–Crippen MR) is 112 cm³/mol. The Hall–Kier alpha value is -1.75. The highest BCUT2D eigenvalue weighted by Gasteiger charge is 2.34. The molecular weight excluding hydrogens is 354 g/mol. The van der Waals surface area contributed by atoms with E-state index in [1.165, 1.54) is 36.9 Å². The number of hydrogen-bond acceptors (Lipinski definition) is 3. The van der Waals surface area contributed by atoms with Gasteiger partial charge in [-0.15, -0.1) is 0 Å². The topological polar surface area (TPSA) is 38.1 Å². The van der Waals surface area contributed by atoms with Crippen molar-refractivity contribution in [3.63, 3.8) is 0 Å². The molecule has 4 rings (SSSR count). The fourth-order valence-corrected chi connectivity index (χ4v) is 5.70. The minimum absolute atomic E-state index is 0.153. The first kappa shape index (κ1) is 18.6. The van der Waals surface area contributed by atoms with Crippen LogP contribution in [0.25, 0.3) is 0 Å². The van der Waals surface area contributed by atoms with Gasteiger partial charge in [-0.05, 0) is 58.6 Å². The number of nitrogens with zero attached hydrogens (tertiary/aromatic N) is 3. The molecule has 1 fully saturated rings. The van der Waals surface area contributed by atoms with Crippen molar-refractivity contribution < 1.29 is 4.79 Å². The van der Waals surface area contributed by atoms with Crippen LogP contribution in [0.4, 0.5) is 5.69 Å². The van der Waals surface area contributed by atoms with Crippen molar-refractivity contribution in [3.8, 4) is 0 Å². The summed E-state index contributed by atoms with van der Waals surface area (Å²) in [5, 5.41) is 0.859. The fourth-order valence-electron chi connectivity index (χ4n) is 4.58. The number of aromatic nitrogens is 2. The number of amides is 1. The molecule has 144 valence electrons. The van der Waals surface area contributed by atoms with Crippen LogP contribution >= 0.6 is 11.8 Å². The molecule has 1 aromatic heterocycles. The van der Waals surface area contributed by atoms with Crippen LogP contribution in [-0.4, -0.2) is 26.8 Å². The molecule has 2 aliphatic rings. The molecular formula is C22H29N3OS. The summed E-state index contributed by atoms with van der Waals surface area (Å²) in [5.41, 5.74) is 4.69. The molecule has 5 heteroatoms. The number of carbonyl (C=O) groups excluding carboxylic acids is 1. The van der Waals surface area contributed by atoms with Crippen molar-refractivity contribution >= 4 is 23.4 Å². The molecule has 0 radical (unpaired) electrons. The first-order valence-corrected chi connectivity index (χ1v) is 11.0. The zero-order valence-corrected chi connectivity index (χ0v) is 17.6. The van der Waals surface area contributed by atoms with Gasteiger partial charge in [0.05, 0.1) is 10.9 Å². The summed E-state index contributed by atoms with van der Waals surface area (Å²) in [4.78, 5) is 20.1. The number of benzene rings is 1. The van der Waals surface area contributed by atoms with Gasteiger partial charge in [0, 0.05) is 23.5 Å². The lowest BCUT2D eigenvalue weighted by molar-refractivity contribution is -0.118. The van der Waals surface area contributed by atoms with Crippen molar-refractivity contribution in [1.29, 1.82) is 0 Å². The maximum Gasteiger partial charge on any atom is 0.240 e. The first-order chi connectivity index (χ1) is 13.0. The summed E-state index contributed by atoms with van der Waals surface area (Å²) in [6.45, 7) is 8.41. The molecule has 2 heterocycles. The quantitative estimate of drug-likeness (QED) is 0.692. The lowest BCUT2D eigenvalue weighted by Gasteiger charge is -2.26. The zero-order chi connectivity index (χ0) is 19.1. The van der Waals surface area contributed by atoms with Gasteiger partial charge in [-0.25, -0.2) is 4.98 Å². The van der Waals surface area contributed by atoms with Crippen molar-refractivity contribution in [2.24, 2.45) is 0 Å². The Morgan fingerprint density at radius 2 is 1.93 bits per heavy atom. The molecule has 1 aliphatic carbocycles. The second-order valence-electron chi connectivity index (χ2n) is 8.02. The summed E-state index contributed by atoms with van der Waals surface area (Å²) in [6, 6.07) is 9.05. The molecule has 2 atom stereocenters. The van der Waals surface area contributed by atoms with Crippen LogP contribution < -0.4 is 4.90 Å². The minimum atomic E-state index is -0.153. The van der Waals surface area contributed by atoms with Gasteiger partial charge < -0.3 is 9.47 Å². The lowest BCUT2D eigenvalue weighted by Crippen LogP contribution is -2.40. The number of fused-ring (bicyclic) bond motifs is 1. The zero-order valence-electron chi connectivity index (χ0n) is 16.7. The Balaban J connectivity index is 1.57. The third-order valence-corrected chi connectivity index (χ3v) is 7.17. The number of aryl methyl sites for hydroxylation is 1. The number of rotatable bonds is 4. The molecule has 0 saturated heterocycles. The van der Waals surface area contributed by atoms with Crippen LogP contribution in [-0.2, 0) is 11.2 Å². The van der Waals surface area contributed by atoms with E-state index in [4.69, 9.17) is 4.98 Å². The maximum atomic E-state index is 13.3. The van der Waals surface area contributed by atoms with Crippen molar-refractivity contribution in [3.05, 3.63) is 41.2 Å². The maximum absolute atomic E-state index is 13.3. The molecule has 0 N–H and O–H groups in total. The average Bonchev–Trinajstić information content (AvgIpc) is 3.33. The molecule has 0 spiro atoms. The smallest absolute Gasteiger partial charge is 0.240 e. The van der Waals surface area contributed by atoms with E-state index in [0.717, 1.165) is 23.0 Å². The molecule has 1 amide bonds. The van der Waals surface area contributed by atoms with Gasteiger partial charge in [0.1, 0.15) is 0 Å². The molecule has 2 aromatic rings. The number of imidazole rings is 1. The SMILES string of the molecule is Cc1nc(SC(C)C(=O)N2c3ccccc3CC2C)n(C2CCCC2)c1C. The standard InChI is InChI=1S/C22H29N3OS/c1-14-13-18-9-5-8-12-20(18)24(14)21(26)17(4)27-22-23-15(2)16(3)25(22)19-10-6-7-11-19/h5,8-9,12,14,17,19H,6-7,10-11,13H2,1-4H3. The van der Waals surface area contributed by atoms with Gasteiger partial charge in [-0.1, -0.05) is 42.8 Å². The van der Waals surface area contributed by atoms with Gasteiger partial charge in [-0.2, -0.15) is 0 Å². The van der Waals surface area contributed by atoms with E-state index in [-0.39, 0.29) is 17.2 Å². The Bertz CT molecular complexity index is 853. The average molecular weight is 384 g/mol. The van der Waals surface area contributed by atoms with Crippen molar-refractivity contribution in [2.75, 3.05) is 4.90 Å². The summed E-state index contributed by atoms with van der Waals surface area (Å²) in [5.74, 6) is 0.189. The Morgan fingerprint density at radius 1 is 1.22 bits per heavy atom. The van der Waals surface area contributed by atoms with Gasteiger partial charge in [0.15, 0.2) is 5.16 Å². The number of anilines is 1. The number of hydrogen-bond donors (Lipinski definition) is 0. The van der Waals surface area contributed by atoms with Crippen LogP contribution in [0.5, 0.6) is 0 Å². The largest absolute Gasteiger partial charge is 0.320 e. The Labute approximate surface area is 166 Å². The normalized spacial score (nSPS) is 20.9. The van der Waals surface area contributed by atoms with E-state index in [9.17, 15) is 4.79 Å². The number of para-hydroxylation sites is 1. The third-order valence-electron chi connectivity index (χ3n) is 6.12. The van der Waals surface area contributed by atoms with E-state index < -0.39 is 0 Å². The molecule has 27 heavy (non-hydrogen) atoms. The second kappa shape index (κ2) is 7.34. The van der Waals surface area contributed by atoms with Crippen LogP contribution in [0.2, 0.25) is 0 Å². The summed E-state index contributed by atoms with van der Waals surface area (Å²) in [6.07, 6.45) is 5.98. The predicted octanol–water partition coefficient (Wildman–Crippen LogP) is 5.07. The van der Waals surface area contributed by atoms with Gasteiger partial charge in [0.2, 0.25) is 5.91 Å². The fraction of sp³-hybridized carbons (Fsp3) is 0.545. The van der Waals surface area contributed by atoms with Crippen molar-refractivity contribution in [2.45, 2.75) is 82.3 Å². The lowest BCUT2D eigenvalue weighted by atomic mass is 10.1. The second-order valence-corrected chi connectivity index (χ2v) is 9.33. The van der Waals surface area contributed by atoms with Crippen LogP contribution in [0, 0.1) is 13.8 Å². The minimum Gasteiger partial charge on any atom is -0.320 e.